The molecule has 2 aliphatic heterocycles. The number of hydrogen-bond acceptors (Lipinski definition) is 8. The van der Waals surface area contributed by atoms with E-state index < -0.39 is 23.6 Å². The molecule has 4 aromatic carbocycles. The summed E-state index contributed by atoms with van der Waals surface area (Å²) in [6.07, 6.45) is 3.93. The first kappa shape index (κ1) is 28.5. The number of para-hydroxylation sites is 2. The molecular weight excluding hydrogens is 560 g/mol. The number of carbonyl (C=O) groups is 4. The normalized spacial score (nSPS) is 14.5. The second-order valence-electron chi connectivity index (χ2n) is 10.5. The summed E-state index contributed by atoms with van der Waals surface area (Å²) in [5, 5.41) is 20.4. The third-order valence-corrected chi connectivity index (χ3v) is 7.74. The van der Waals surface area contributed by atoms with Crippen molar-refractivity contribution in [3.8, 4) is 11.5 Å². The van der Waals surface area contributed by atoms with Gasteiger partial charge in [0.2, 0.25) is 0 Å². The summed E-state index contributed by atoms with van der Waals surface area (Å²) >= 11 is 0. The number of aromatic hydroxyl groups is 2. The molecule has 0 spiro atoms. The Morgan fingerprint density at radius 2 is 0.864 bits per heavy atom. The number of phenolic OH excluding ortho intramolecular Hbond substituents is 2. The van der Waals surface area contributed by atoms with Crippen LogP contribution in [0.25, 0.3) is 10.8 Å². The van der Waals surface area contributed by atoms with Crippen molar-refractivity contribution < 1.29 is 29.4 Å². The van der Waals surface area contributed by atoms with Crippen molar-refractivity contribution in [2.75, 3.05) is 26.2 Å². The molecule has 0 saturated heterocycles. The first-order valence-electron chi connectivity index (χ1n) is 14.2. The fraction of sp³-hybridized carbons (Fsp3) is 0.176. The van der Waals surface area contributed by atoms with Gasteiger partial charge >= 0.3 is 0 Å². The number of phenols is 2. The first-order valence-corrected chi connectivity index (χ1v) is 14.2. The van der Waals surface area contributed by atoms with Crippen LogP contribution in [0, 0.1) is 0 Å². The number of carbonyl (C=O) groups excluding carboxylic acids is 4. The molecule has 0 unspecified atom stereocenters. The number of imide groups is 2. The molecule has 0 saturated carbocycles. The molecule has 10 heteroatoms. The largest absolute Gasteiger partial charge is 0.507 e. The van der Waals surface area contributed by atoms with E-state index in [1.54, 1.807) is 85.2 Å². The Morgan fingerprint density at radius 1 is 0.523 bits per heavy atom. The second kappa shape index (κ2) is 11.9. The molecule has 220 valence electrons. The van der Waals surface area contributed by atoms with Crippen molar-refractivity contribution in [2.24, 2.45) is 9.98 Å². The molecule has 0 aromatic heterocycles. The Labute approximate surface area is 252 Å². The summed E-state index contributed by atoms with van der Waals surface area (Å²) in [7, 11) is 0. The third-order valence-electron chi connectivity index (χ3n) is 7.74. The average Bonchev–Trinajstić information content (AvgIpc) is 3.03. The van der Waals surface area contributed by atoms with Crippen molar-refractivity contribution in [1.29, 1.82) is 0 Å². The van der Waals surface area contributed by atoms with Gasteiger partial charge in [0.05, 0.1) is 0 Å². The van der Waals surface area contributed by atoms with Crippen LogP contribution in [0.2, 0.25) is 0 Å². The quantitative estimate of drug-likeness (QED) is 0.159. The molecular formula is C34H28N4O6. The molecule has 4 amide bonds. The number of rotatable bonds is 10. The lowest BCUT2D eigenvalue weighted by Crippen LogP contribution is -2.44. The van der Waals surface area contributed by atoms with Gasteiger partial charge in [-0.3, -0.25) is 39.0 Å². The zero-order chi connectivity index (χ0) is 30.8. The minimum absolute atomic E-state index is 0.115. The van der Waals surface area contributed by atoms with Gasteiger partial charge < -0.3 is 10.2 Å². The van der Waals surface area contributed by atoms with Crippen LogP contribution < -0.4 is 0 Å². The maximum Gasteiger partial charge on any atom is 0.261 e. The van der Waals surface area contributed by atoms with Crippen LogP contribution in [0.4, 0.5) is 0 Å². The third kappa shape index (κ3) is 5.11. The van der Waals surface area contributed by atoms with E-state index in [0.717, 1.165) is 0 Å². The van der Waals surface area contributed by atoms with Gasteiger partial charge in [-0.2, -0.15) is 0 Å². The minimum atomic E-state index is -0.486. The molecule has 10 nitrogen and oxygen atoms in total. The van der Waals surface area contributed by atoms with Crippen LogP contribution in [0.15, 0.2) is 82.8 Å². The van der Waals surface area contributed by atoms with Crippen LogP contribution in [0.1, 0.15) is 65.4 Å². The van der Waals surface area contributed by atoms with Gasteiger partial charge in [0, 0.05) is 82.8 Å². The van der Waals surface area contributed by atoms with Crippen LogP contribution in [0.3, 0.4) is 0 Å². The van der Waals surface area contributed by atoms with E-state index in [-0.39, 0.29) is 46.8 Å². The van der Waals surface area contributed by atoms with E-state index in [2.05, 4.69) is 9.98 Å². The Morgan fingerprint density at radius 3 is 1.20 bits per heavy atom. The van der Waals surface area contributed by atoms with Crippen molar-refractivity contribution in [3.63, 3.8) is 0 Å². The highest BCUT2D eigenvalue weighted by Crippen LogP contribution is 2.38. The van der Waals surface area contributed by atoms with Gasteiger partial charge in [0.25, 0.3) is 23.6 Å². The van der Waals surface area contributed by atoms with Crippen LogP contribution in [-0.4, -0.2) is 82.2 Å². The fourth-order valence-electron chi connectivity index (χ4n) is 5.54. The zero-order valence-corrected chi connectivity index (χ0v) is 23.6. The molecule has 0 radical (unpaired) electrons. The van der Waals surface area contributed by atoms with E-state index in [4.69, 9.17) is 0 Å². The van der Waals surface area contributed by atoms with Crippen molar-refractivity contribution in [1.82, 2.24) is 9.80 Å². The standard InChI is InChI=1S/C34H28N4O6/c39-27-9-3-1-7-21(27)19-35-15-5-17-37-31(41)23-11-13-25-30-26(14-12-24(29(23)30)32(37)42)34(44)38(33(25)43)18-6-16-36-20-22-8-2-4-10-28(22)40/h1-4,7-14,19-20,39-40H,5-6,15-18H2. The van der Waals surface area contributed by atoms with E-state index >= 15 is 0 Å². The fourth-order valence-corrected chi connectivity index (χ4v) is 5.54. The van der Waals surface area contributed by atoms with E-state index in [1.165, 1.54) is 9.80 Å². The summed E-state index contributed by atoms with van der Waals surface area (Å²) in [6, 6.07) is 19.8. The van der Waals surface area contributed by atoms with Gasteiger partial charge in [-0.25, -0.2) is 0 Å². The summed E-state index contributed by atoms with van der Waals surface area (Å²) in [5.74, 6) is -1.71. The summed E-state index contributed by atoms with van der Waals surface area (Å²) in [4.78, 5) is 64.7. The Balaban J connectivity index is 1.16. The summed E-state index contributed by atoms with van der Waals surface area (Å²) < 4.78 is 0. The Hall–Kier alpha value is -5.64. The Kier molecular flexibility index (Phi) is 7.72. The summed E-state index contributed by atoms with van der Waals surface area (Å²) in [5.41, 5.74) is 2.23. The molecule has 6 rings (SSSR count). The van der Waals surface area contributed by atoms with Crippen molar-refractivity contribution >= 4 is 46.8 Å². The predicted molar refractivity (Wildman–Crippen MR) is 165 cm³/mol. The highest BCUT2D eigenvalue weighted by Gasteiger charge is 2.39. The van der Waals surface area contributed by atoms with Gasteiger partial charge in [-0.05, 0) is 61.4 Å². The molecule has 2 N–H and O–H groups in total. The highest BCUT2D eigenvalue weighted by molar-refractivity contribution is 6.33. The van der Waals surface area contributed by atoms with Gasteiger partial charge in [-0.15, -0.1) is 0 Å². The zero-order valence-electron chi connectivity index (χ0n) is 23.6. The van der Waals surface area contributed by atoms with Crippen LogP contribution in [-0.2, 0) is 0 Å². The minimum Gasteiger partial charge on any atom is -0.507 e. The van der Waals surface area contributed by atoms with Gasteiger partial charge in [-0.1, -0.05) is 24.3 Å². The molecule has 4 aromatic rings. The van der Waals surface area contributed by atoms with E-state index in [1.807, 2.05) is 0 Å². The van der Waals surface area contributed by atoms with E-state index in [9.17, 15) is 29.4 Å². The number of benzene rings is 4. The van der Waals surface area contributed by atoms with E-state index in [0.29, 0.717) is 47.8 Å². The Bertz CT molecular complexity index is 1690. The van der Waals surface area contributed by atoms with Gasteiger partial charge in [0.15, 0.2) is 0 Å². The maximum absolute atomic E-state index is 13.5. The average molecular weight is 589 g/mol. The first-order chi connectivity index (χ1) is 21.4. The maximum atomic E-state index is 13.5. The van der Waals surface area contributed by atoms with Gasteiger partial charge in [0.1, 0.15) is 11.5 Å². The lowest BCUT2D eigenvalue weighted by molar-refractivity contribution is 0.0588. The smallest absolute Gasteiger partial charge is 0.261 e. The molecule has 44 heavy (non-hydrogen) atoms. The van der Waals surface area contributed by atoms with Crippen LogP contribution >= 0.6 is 0 Å². The van der Waals surface area contributed by atoms with Crippen LogP contribution in [0.5, 0.6) is 11.5 Å². The molecule has 2 heterocycles. The molecule has 0 atom stereocenters. The topological polar surface area (TPSA) is 140 Å². The number of amides is 4. The summed E-state index contributed by atoms with van der Waals surface area (Å²) in [6.45, 7) is 0.950. The SMILES string of the molecule is O=C1c2ccc3c4c(ccc(c24)C(=O)N1CCCN=Cc1ccccc1O)C(=O)N(CCCN=Cc1ccccc1O)C3=O. The van der Waals surface area contributed by atoms with Crippen molar-refractivity contribution in [2.45, 2.75) is 12.8 Å². The molecule has 0 fully saturated rings. The van der Waals surface area contributed by atoms with Crippen molar-refractivity contribution in [3.05, 3.63) is 106 Å². The molecule has 0 bridgehead atoms. The lowest BCUT2D eigenvalue weighted by Gasteiger charge is -2.31. The lowest BCUT2D eigenvalue weighted by atomic mass is 9.86. The number of nitrogens with zero attached hydrogens (tertiary/aromatic N) is 4. The highest BCUT2D eigenvalue weighted by atomic mass is 16.3. The molecule has 2 aliphatic rings. The number of aliphatic imine (C=N–C) groups is 2. The molecule has 0 aliphatic carbocycles. The number of hydrogen-bond donors (Lipinski definition) is 2. The predicted octanol–water partition coefficient (Wildman–Crippen LogP) is 4.46. The second-order valence-corrected chi connectivity index (χ2v) is 10.5. The monoisotopic (exact) mass is 588 g/mol.